The number of halogens is 1. The Labute approximate surface area is 165 Å². The van der Waals surface area contributed by atoms with E-state index in [-0.39, 0.29) is 29.9 Å². The summed E-state index contributed by atoms with van der Waals surface area (Å²) in [7, 11) is -7.07. The summed E-state index contributed by atoms with van der Waals surface area (Å²) in [5, 5.41) is 9.90. The fourth-order valence-electron chi connectivity index (χ4n) is 2.86. The lowest BCUT2D eigenvalue weighted by atomic mass is 9.98. The van der Waals surface area contributed by atoms with Gasteiger partial charge in [0.2, 0.25) is 20.0 Å². The first-order valence-corrected chi connectivity index (χ1v) is 12.2. The first-order valence-electron chi connectivity index (χ1n) is 8.68. The van der Waals surface area contributed by atoms with Crippen LogP contribution >= 0.6 is 11.6 Å². The summed E-state index contributed by atoms with van der Waals surface area (Å²) < 4.78 is 58.8. The molecule has 0 bridgehead atoms. The summed E-state index contributed by atoms with van der Waals surface area (Å²) in [5.41, 5.74) is 0. The maximum Gasteiger partial charge on any atom is 0.240 e. The Kier molecular flexibility index (Phi) is 8.05. The number of ether oxygens (including phenoxy) is 1. The molecule has 154 valence electrons. The van der Waals surface area contributed by atoms with Crippen LogP contribution in [0, 0.1) is 0 Å². The molecule has 0 saturated carbocycles. The third kappa shape index (κ3) is 6.67. The zero-order chi connectivity index (χ0) is 20.1. The number of hydrogen-bond donors (Lipinski definition) is 3. The Morgan fingerprint density at radius 3 is 2.63 bits per heavy atom. The van der Waals surface area contributed by atoms with E-state index in [1.54, 1.807) is 19.1 Å². The van der Waals surface area contributed by atoms with Gasteiger partial charge in [0.15, 0.2) is 0 Å². The first-order chi connectivity index (χ1) is 12.7. The highest BCUT2D eigenvalue weighted by Crippen LogP contribution is 2.24. The smallest absolute Gasteiger partial charge is 0.240 e. The SMILES string of the molecule is CCS(=O)(=O)NCC[C@@H]1CC[C@H](NS(=O)(=O)c2cccc(Cl)c2)[C@H](CO)O1. The molecule has 1 aliphatic rings. The van der Waals surface area contributed by atoms with E-state index >= 15 is 0 Å². The van der Waals surface area contributed by atoms with E-state index in [9.17, 15) is 21.9 Å². The molecule has 3 atom stereocenters. The van der Waals surface area contributed by atoms with E-state index in [0.717, 1.165) is 0 Å². The Balaban J connectivity index is 1.95. The first kappa shape index (κ1) is 22.5. The van der Waals surface area contributed by atoms with Crippen molar-refractivity contribution >= 4 is 31.6 Å². The minimum atomic E-state index is -3.80. The molecule has 0 amide bonds. The molecule has 1 saturated heterocycles. The molecule has 0 aromatic heterocycles. The zero-order valence-corrected chi connectivity index (χ0v) is 17.4. The molecule has 0 spiro atoms. The molecule has 1 aromatic carbocycles. The van der Waals surface area contributed by atoms with E-state index < -0.39 is 32.2 Å². The molecule has 11 heteroatoms. The maximum absolute atomic E-state index is 12.5. The minimum absolute atomic E-state index is 0.00510. The summed E-state index contributed by atoms with van der Waals surface area (Å²) in [4.78, 5) is 0.0442. The summed E-state index contributed by atoms with van der Waals surface area (Å²) >= 11 is 5.85. The topological polar surface area (TPSA) is 122 Å². The molecular weight excluding hydrogens is 416 g/mol. The van der Waals surface area contributed by atoms with Gasteiger partial charge in [-0.1, -0.05) is 17.7 Å². The van der Waals surface area contributed by atoms with Crippen molar-refractivity contribution in [1.82, 2.24) is 9.44 Å². The Hall–Kier alpha value is -0.750. The molecule has 1 aliphatic heterocycles. The van der Waals surface area contributed by atoms with Crippen molar-refractivity contribution in [3.63, 3.8) is 0 Å². The molecule has 3 N–H and O–H groups in total. The molecule has 1 aromatic rings. The van der Waals surface area contributed by atoms with Gasteiger partial charge in [0.25, 0.3) is 0 Å². The second-order valence-corrected chi connectivity index (χ2v) is 10.6. The number of rotatable bonds is 9. The van der Waals surface area contributed by atoms with Crippen LogP contribution in [0.4, 0.5) is 0 Å². The van der Waals surface area contributed by atoms with Gasteiger partial charge in [0.1, 0.15) is 0 Å². The largest absolute Gasteiger partial charge is 0.394 e. The van der Waals surface area contributed by atoms with Gasteiger partial charge in [0, 0.05) is 11.6 Å². The molecule has 8 nitrogen and oxygen atoms in total. The van der Waals surface area contributed by atoms with E-state index in [4.69, 9.17) is 16.3 Å². The molecule has 0 aliphatic carbocycles. The summed E-state index contributed by atoms with van der Waals surface area (Å²) in [6.45, 7) is 1.44. The van der Waals surface area contributed by atoms with Crippen LogP contribution < -0.4 is 9.44 Å². The van der Waals surface area contributed by atoms with Crippen molar-refractivity contribution in [1.29, 1.82) is 0 Å². The van der Waals surface area contributed by atoms with Gasteiger partial charge in [0.05, 0.1) is 35.5 Å². The van der Waals surface area contributed by atoms with Crippen molar-refractivity contribution in [2.24, 2.45) is 0 Å². The Bertz CT molecular complexity index is 831. The Morgan fingerprint density at radius 1 is 1.26 bits per heavy atom. The van der Waals surface area contributed by atoms with Gasteiger partial charge in [-0.2, -0.15) is 0 Å². The summed E-state index contributed by atoms with van der Waals surface area (Å²) in [6, 6.07) is 5.34. The van der Waals surface area contributed by atoms with Crippen LogP contribution in [0.25, 0.3) is 0 Å². The van der Waals surface area contributed by atoms with Gasteiger partial charge < -0.3 is 9.84 Å². The van der Waals surface area contributed by atoms with Crippen molar-refractivity contribution < 1.29 is 26.7 Å². The normalized spacial score (nSPS) is 24.0. The van der Waals surface area contributed by atoms with E-state index in [1.165, 1.54) is 12.1 Å². The summed E-state index contributed by atoms with van der Waals surface area (Å²) in [6.07, 6.45) is 0.501. The van der Waals surface area contributed by atoms with Crippen LogP contribution in [0.5, 0.6) is 0 Å². The van der Waals surface area contributed by atoms with Gasteiger partial charge in [-0.15, -0.1) is 0 Å². The number of aliphatic hydroxyl groups excluding tert-OH is 1. The number of nitrogens with one attached hydrogen (secondary N) is 2. The molecule has 0 radical (unpaired) electrons. The van der Waals surface area contributed by atoms with Crippen LogP contribution in [0.3, 0.4) is 0 Å². The predicted molar refractivity (Wildman–Crippen MR) is 103 cm³/mol. The van der Waals surface area contributed by atoms with Crippen LogP contribution in [-0.4, -0.2) is 59.1 Å². The highest BCUT2D eigenvalue weighted by atomic mass is 35.5. The lowest BCUT2D eigenvalue weighted by Crippen LogP contribution is -2.51. The predicted octanol–water partition coefficient (Wildman–Crippen LogP) is 0.856. The number of benzene rings is 1. The monoisotopic (exact) mass is 440 g/mol. The van der Waals surface area contributed by atoms with E-state index in [1.807, 2.05) is 0 Å². The molecule has 27 heavy (non-hydrogen) atoms. The van der Waals surface area contributed by atoms with E-state index in [0.29, 0.717) is 24.3 Å². The highest BCUT2D eigenvalue weighted by molar-refractivity contribution is 7.89. The molecule has 1 heterocycles. The molecule has 0 unspecified atom stereocenters. The lowest BCUT2D eigenvalue weighted by molar-refractivity contribution is -0.0869. The average molecular weight is 441 g/mol. The van der Waals surface area contributed by atoms with Crippen LogP contribution in [-0.2, 0) is 24.8 Å². The van der Waals surface area contributed by atoms with Crippen molar-refractivity contribution in [3.8, 4) is 0 Å². The fraction of sp³-hybridized carbons (Fsp3) is 0.625. The van der Waals surface area contributed by atoms with Gasteiger partial charge in [-0.3, -0.25) is 0 Å². The van der Waals surface area contributed by atoms with Gasteiger partial charge >= 0.3 is 0 Å². The summed E-state index contributed by atoms with van der Waals surface area (Å²) in [5.74, 6) is 0.00510. The molecular formula is C16H25ClN2O6S2. The van der Waals surface area contributed by atoms with Crippen LogP contribution in [0.1, 0.15) is 26.2 Å². The third-order valence-electron chi connectivity index (χ3n) is 4.38. The second kappa shape index (κ2) is 9.64. The van der Waals surface area contributed by atoms with E-state index in [2.05, 4.69) is 9.44 Å². The fourth-order valence-corrected chi connectivity index (χ4v) is 5.09. The molecule has 1 fully saturated rings. The number of aliphatic hydroxyl groups is 1. The quantitative estimate of drug-likeness (QED) is 0.523. The van der Waals surface area contributed by atoms with Crippen molar-refractivity contribution in [2.75, 3.05) is 18.9 Å². The van der Waals surface area contributed by atoms with Gasteiger partial charge in [-0.25, -0.2) is 26.3 Å². The molecule has 2 rings (SSSR count). The third-order valence-corrected chi connectivity index (χ3v) is 7.50. The van der Waals surface area contributed by atoms with Gasteiger partial charge in [-0.05, 0) is 44.4 Å². The second-order valence-electron chi connectivity index (χ2n) is 6.33. The maximum atomic E-state index is 12.5. The zero-order valence-electron chi connectivity index (χ0n) is 15.0. The standard InChI is InChI=1S/C16H25ClN2O6S2/c1-2-26(21,22)18-9-8-13-6-7-15(16(11-20)25-13)19-27(23,24)14-5-3-4-12(17)10-14/h3-5,10,13,15-16,18-20H,2,6-9,11H2,1H3/t13-,15-,16-/m0/s1. The number of hydrogen-bond acceptors (Lipinski definition) is 6. The number of sulfonamides is 2. The lowest BCUT2D eigenvalue weighted by Gasteiger charge is -2.36. The average Bonchev–Trinajstić information content (AvgIpc) is 2.62. The van der Waals surface area contributed by atoms with Crippen molar-refractivity contribution in [3.05, 3.63) is 29.3 Å². The van der Waals surface area contributed by atoms with Crippen LogP contribution in [0.15, 0.2) is 29.2 Å². The highest BCUT2D eigenvalue weighted by Gasteiger charge is 2.34. The van der Waals surface area contributed by atoms with Crippen molar-refractivity contribution in [2.45, 2.75) is 49.3 Å². The Morgan fingerprint density at radius 2 is 2.00 bits per heavy atom. The minimum Gasteiger partial charge on any atom is -0.394 e. The van der Waals surface area contributed by atoms with Crippen LogP contribution in [0.2, 0.25) is 5.02 Å².